The lowest BCUT2D eigenvalue weighted by Crippen LogP contribution is -2.68. The number of hydrogen-bond acceptors (Lipinski definition) is 21. The summed E-state index contributed by atoms with van der Waals surface area (Å²) in [5.41, 5.74) is 12.3. The van der Waals surface area contributed by atoms with Crippen molar-refractivity contribution in [3.63, 3.8) is 0 Å². The number of phenols is 1. The third-order valence-electron chi connectivity index (χ3n) is 20.2. The van der Waals surface area contributed by atoms with Crippen LogP contribution in [0.3, 0.4) is 0 Å². The molecule has 11 rings (SSSR count). The highest BCUT2D eigenvalue weighted by molar-refractivity contribution is 6.32. The molecular weight excluding hydrogens is 1170 g/mol. The van der Waals surface area contributed by atoms with Crippen LogP contribution in [-0.4, -0.2) is 154 Å². The number of aliphatic hydroxyl groups excluding tert-OH is 3. The SMILES string of the molecule is CNCC1CCC2CCc3ccc(Cc4c(O)c5c6c(c4OC4OC(C)C(O)C(O)(O)C4OCC4CC7(CCCCC7CCOC)NC(N)=N4)CC#CC(N)CCC(O)Cc4cccc(c4)C=Cc4c(OC(C)=O)cc(CO)c(c4C6=O)C5=O)c(C=O)c3C2(O)C1. The molecule has 0 aromatic heterocycles. The summed E-state index contributed by atoms with van der Waals surface area (Å²) in [6.07, 6.45) is 3.51. The van der Waals surface area contributed by atoms with Gasteiger partial charge in [-0.05, 0) is 161 Å². The highest BCUT2D eigenvalue weighted by Crippen LogP contribution is 2.53. The molecule has 21 heteroatoms. The van der Waals surface area contributed by atoms with Crippen LogP contribution in [0.1, 0.15) is 183 Å². The van der Waals surface area contributed by atoms with Gasteiger partial charge in [-0.15, -0.1) is 0 Å². The molecule has 1 saturated heterocycles. The molecule has 4 aromatic carbocycles. The molecule has 2 heterocycles. The summed E-state index contributed by atoms with van der Waals surface area (Å²) in [7, 11) is 3.50. The molecule has 21 nitrogen and oxygen atoms in total. The minimum absolute atomic E-state index is 0.0397. The number of carbonyl (C=O) groups is 4. The maximum absolute atomic E-state index is 16.3. The number of nitrogens with two attached hydrogens (primary N) is 2. The molecule has 5 aliphatic carbocycles. The lowest BCUT2D eigenvalue weighted by Gasteiger charge is -2.49. The number of guanidine groups is 1. The number of carbonyl (C=O) groups excluding carboxylic acids is 4. The monoisotopic (exact) mass is 1250 g/mol. The molecule has 7 aliphatic rings. The zero-order valence-corrected chi connectivity index (χ0v) is 52.1. The molecule has 4 bridgehead atoms. The van der Waals surface area contributed by atoms with Crippen LogP contribution < -0.4 is 31.6 Å². The minimum Gasteiger partial charge on any atom is -0.507 e. The van der Waals surface area contributed by atoms with Gasteiger partial charge in [0.25, 0.3) is 0 Å². The van der Waals surface area contributed by atoms with E-state index in [9.17, 15) is 45.3 Å². The van der Waals surface area contributed by atoms with Gasteiger partial charge < -0.3 is 81.5 Å². The summed E-state index contributed by atoms with van der Waals surface area (Å²) in [4.78, 5) is 63.9. The molecule has 2 aliphatic heterocycles. The van der Waals surface area contributed by atoms with Crippen molar-refractivity contribution >= 4 is 41.9 Å². The predicted octanol–water partition coefficient (Wildman–Crippen LogP) is 4.69. The summed E-state index contributed by atoms with van der Waals surface area (Å²) in [6.45, 7) is 2.56. The largest absolute Gasteiger partial charge is 0.507 e. The second-order valence-corrected chi connectivity index (χ2v) is 26.1. The molecule has 0 radical (unpaired) electrons. The Morgan fingerprint density at radius 3 is 2.53 bits per heavy atom. The van der Waals surface area contributed by atoms with Crippen LogP contribution in [-0.2, 0) is 56.9 Å². The van der Waals surface area contributed by atoms with E-state index in [1.165, 1.54) is 19.1 Å². The topological polar surface area (TPSA) is 344 Å². The average Bonchev–Trinajstić information content (AvgIpc) is 0.725. The molecule has 2 saturated carbocycles. The van der Waals surface area contributed by atoms with Gasteiger partial charge in [0.15, 0.2) is 29.9 Å². The molecule has 12 unspecified atom stereocenters. The number of ether oxygens (including phenoxy) is 5. The number of ketones is 2. The third-order valence-corrected chi connectivity index (χ3v) is 20.2. The minimum atomic E-state index is -3.13. The Hall–Kier alpha value is -6.91. The van der Waals surface area contributed by atoms with Gasteiger partial charge in [0, 0.05) is 78.0 Å². The molecule has 91 heavy (non-hydrogen) atoms. The lowest BCUT2D eigenvalue weighted by atomic mass is 9.61. The third kappa shape index (κ3) is 12.7. The van der Waals surface area contributed by atoms with Crippen molar-refractivity contribution in [2.45, 2.75) is 183 Å². The Kier molecular flexibility index (Phi) is 19.4. The Morgan fingerprint density at radius 1 is 0.967 bits per heavy atom. The van der Waals surface area contributed by atoms with E-state index < -0.39 is 114 Å². The zero-order chi connectivity index (χ0) is 64.7. The number of aromatic hydroxyl groups is 1. The number of esters is 1. The van der Waals surface area contributed by atoms with Gasteiger partial charge in [0.05, 0.1) is 48.7 Å². The molecule has 13 N–H and O–H groups in total. The number of nitrogens with one attached hydrogen (secondary N) is 2. The summed E-state index contributed by atoms with van der Waals surface area (Å²) in [5.74, 6) is -0.715. The molecule has 12 atom stereocenters. The van der Waals surface area contributed by atoms with Crippen molar-refractivity contribution in [3.05, 3.63) is 120 Å². The van der Waals surface area contributed by atoms with E-state index in [-0.39, 0.29) is 106 Å². The summed E-state index contributed by atoms with van der Waals surface area (Å²) in [6, 6.07) is 10.6. The van der Waals surface area contributed by atoms with Gasteiger partial charge in [-0.25, -0.2) is 4.99 Å². The first-order valence-corrected chi connectivity index (χ1v) is 32.0. The Labute approximate surface area is 529 Å². The first kappa shape index (κ1) is 65.6. The van der Waals surface area contributed by atoms with E-state index in [0.717, 1.165) is 56.6 Å². The number of aryl methyl sites for hydroxylation is 1. The molecule has 1 spiro atoms. The van der Waals surface area contributed by atoms with E-state index in [1.807, 2.05) is 25.2 Å². The smallest absolute Gasteiger partial charge is 0.308 e. The fraction of sp³-hybridized carbons (Fsp3) is 0.529. The highest BCUT2D eigenvalue weighted by Gasteiger charge is 2.57. The van der Waals surface area contributed by atoms with E-state index >= 15 is 9.59 Å². The van der Waals surface area contributed by atoms with Crippen molar-refractivity contribution in [2.75, 3.05) is 33.9 Å². The van der Waals surface area contributed by atoms with Crippen molar-refractivity contribution in [1.29, 1.82) is 0 Å². The number of nitrogens with zero attached hydrogens (tertiary/aromatic N) is 1. The quantitative estimate of drug-likeness (QED) is 0.0223. The van der Waals surface area contributed by atoms with Crippen LogP contribution in [0.4, 0.5) is 0 Å². The van der Waals surface area contributed by atoms with Crippen LogP contribution in [0.2, 0.25) is 0 Å². The molecule has 3 fully saturated rings. The van der Waals surface area contributed by atoms with Crippen molar-refractivity contribution < 1.29 is 78.6 Å². The van der Waals surface area contributed by atoms with Crippen molar-refractivity contribution in [1.82, 2.24) is 10.6 Å². The standard InChI is InChI=1S/C70H85N5O16/c1-37-64(83)70(85,86)65(88-36-48-32-68(75-67(72)74-48)25-6-5-11-45(68)24-26-87-4)66(89-37)91-63-51-13-8-12-47(71)21-22-49(79)28-40-10-7-9-39(27-40)15-23-50-54(90-38(2)78)30-44(34-76)55-56(50)62(82)57(51)58(61(55)81)60(80)52(63)29-43-17-16-42-18-20-46-19-14-41(33-73-3)31-69(46,84)59(42)53(43)35-77/h7,9-10,15-17,23,27,30,35,37,41,45-49,64-66,73,76,79-80,83-86H,5-6,11,13-14,18-22,24-26,28-29,31-34,36,71H2,1-4H3,(H3,72,74,75). The van der Waals surface area contributed by atoms with E-state index in [4.69, 9.17) is 40.1 Å². The van der Waals surface area contributed by atoms with Gasteiger partial charge in [0.1, 0.15) is 23.4 Å². The van der Waals surface area contributed by atoms with Crippen molar-refractivity contribution in [2.24, 2.45) is 34.2 Å². The van der Waals surface area contributed by atoms with Crippen LogP contribution in [0.15, 0.2) is 47.5 Å². The Balaban J connectivity index is 1.13. The van der Waals surface area contributed by atoms with Gasteiger partial charge >= 0.3 is 5.97 Å². The van der Waals surface area contributed by atoms with Crippen LogP contribution >= 0.6 is 0 Å². The van der Waals surface area contributed by atoms with E-state index in [1.54, 1.807) is 31.4 Å². The van der Waals surface area contributed by atoms with Crippen molar-refractivity contribution in [3.8, 4) is 29.1 Å². The highest BCUT2D eigenvalue weighted by atomic mass is 16.7. The number of aldehydes is 1. The molecular formula is C70H85N5O16. The summed E-state index contributed by atoms with van der Waals surface area (Å²) in [5, 5.41) is 91.7. The zero-order valence-electron chi connectivity index (χ0n) is 52.1. The molecule has 4 aromatic rings. The number of hydrogen-bond donors (Lipinski definition) is 11. The summed E-state index contributed by atoms with van der Waals surface area (Å²) < 4.78 is 31.3. The number of phenolic OH excluding ortho intramolecular Hbond substituents is 1. The Morgan fingerprint density at radius 2 is 1.77 bits per heavy atom. The van der Waals surface area contributed by atoms with Crippen LogP contribution in [0.5, 0.6) is 17.2 Å². The molecule has 486 valence electrons. The van der Waals surface area contributed by atoms with Gasteiger partial charge in [-0.3, -0.25) is 19.2 Å². The predicted molar refractivity (Wildman–Crippen MR) is 336 cm³/mol. The number of rotatable bonds is 15. The maximum atomic E-state index is 16.3. The van der Waals surface area contributed by atoms with Crippen LogP contribution in [0, 0.1) is 29.6 Å². The fourth-order valence-electron chi connectivity index (χ4n) is 15.9. The Bertz CT molecular complexity index is 3610. The number of fused-ring (bicyclic) bond motifs is 5. The first-order chi connectivity index (χ1) is 43.6. The fourth-order valence-corrected chi connectivity index (χ4v) is 15.9. The van der Waals surface area contributed by atoms with Crippen LogP contribution in [0.25, 0.3) is 12.2 Å². The van der Waals surface area contributed by atoms with E-state index in [0.29, 0.717) is 62.7 Å². The van der Waals surface area contributed by atoms with Gasteiger partial charge in [0.2, 0.25) is 12.1 Å². The normalized spacial score (nSPS) is 29.3. The number of benzene rings is 4. The number of methoxy groups -OCH3 is 1. The lowest BCUT2D eigenvalue weighted by molar-refractivity contribution is -0.379. The number of aliphatic hydroxyl groups is 6. The average molecular weight is 1250 g/mol. The van der Waals surface area contributed by atoms with E-state index in [2.05, 4.69) is 22.5 Å². The first-order valence-electron chi connectivity index (χ1n) is 32.0. The van der Waals surface area contributed by atoms with Gasteiger partial charge in [-0.1, -0.05) is 67.2 Å². The summed E-state index contributed by atoms with van der Waals surface area (Å²) >= 11 is 0. The number of aliphatic imine (C=N–C) groups is 1. The second-order valence-electron chi connectivity index (χ2n) is 26.1. The second kappa shape index (κ2) is 27.0. The van der Waals surface area contributed by atoms with Gasteiger partial charge in [-0.2, -0.15) is 0 Å². The maximum Gasteiger partial charge on any atom is 0.308 e. The molecule has 0 amide bonds.